The molecule has 0 unspecified atom stereocenters. The monoisotopic (exact) mass is 748 g/mol. The number of benzene rings is 5. The number of esters is 1. The van der Waals surface area contributed by atoms with Crippen LogP contribution in [-0.2, 0) is 16.1 Å². The molecule has 8 nitrogen and oxygen atoms in total. The van der Waals surface area contributed by atoms with Crippen LogP contribution in [0.4, 0.5) is 0 Å². The fourth-order valence-corrected chi connectivity index (χ4v) is 8.10. The molecule has 0 saturated heterocycles. The van der Waals surface area contributed by atoms with Crippen molar-refractivity contribution < 1.29 is 23.7 Å². The van der Waals surface area contributed by atoms with Gasteiger partial charge in [-0.05, 0) is 86.7 Å². The molecule has 2 heterocycles. The molecule has 0 amide bonds. The van der Waals surface area contributed by atoms with Gasteiger partial charge in [-0.1, -0.05) is 84.1 Å². The van der Waals surface area contributed by atoms with Crippen molar-refractivity contribution >= 4 is 60.9 Å². The van der Waals surface area contributed by atoms with Gasteiger partial charge >= 0.3 is 5.97 Å². The quantitative estimate of drug-likeness (QED) is 0.143. The highest BCUT2D eigenvalue weighted by molar-refractivity contribution is 9.10. The van der Waals surface area contributed by atoms with Gasteiger partial charge in [0.25, 0.3) is 5.56 Å². The number of ether oxygens (including phenoxy) is 4. The highest BCUT2D eigenvalue weighted by atomic mass is 79.9. The van der Waals surface area contributed by atoms with E-state index < -0.39 is 12.0 Å². The lowest BCUT2D eigenvalue weighted by molar-refractivity contribution is -0.139. The number of allylic oxidation sites excluding steroid dienone is 1. The zero-order valence-electron chi connectivity index (χ0n) is 27.9. The van der Waals surface area contributed by atoms with Crippen LogP contribution in [0.2, 0.25) is 0 Å². The van der Waals surface area contributed by atoms with E-state index in [-0.39, 0.29) is 17.7 Å². The summed E-state index contributed by atoms with van der Waals surface area (Å²) in [6, 6.07) is 28.9. The van der Waals surface area contributed by atoms with E-state index in [1.807, 2.05) is 72.8 Å². The van der Waals surface area contributed by atoms with E-state index >= 15 is 0 Å². The Morgan fingerprint density at radius 2 is 1.62 bits per heavy atom. The van der Waals surface area contributed by atoms with E-state index in [9.17, 15) is 9.59 Å². The number of thiazole rings is 1. The first-order valence-corrected chi connectivity index (χ1v) is 17.7. The molecule has 6 aromatic rings. The van der Waals surface area contributed by atoms with Crippen LogP contribution >= 0.6 is 27.3 Å². The summed E-state index contributed by atoms with van der Waals surface area (Å²) in [5, 5.41) is 4.07. The lowest BCUT2D eigenvalue weighted by atomic mass is 9.90. The molecule has 10 heteroatoms. The Morgan fingerprint density at radius 1 is 0.920 bits per heavy atom. The Bertz CT molecular complexity index is 2510. The minimum absolute atomic E-state index is 0.178. The Hall–Kier alpha value is -5.19. The molecule has 5 aromatic carbocycles. The van der Waals surface area contributed by atoms with Crippen molar-refractivity contribution in [3.63, 3.8) is 0 Å². The number of aromatic nitrogens is 1. The van der Waals surface area contributed by atoms with Gasteiger partial charge in [-0.2, -0.15) is 0 Å². The second-order valence-corrected chi connectivity index (χ2v) is 13.5. The van der Waals surface area contributed by atoms with Crippen molar-refractivity contribution in [2.75, 3.05) is 20.8 Å². The van der Waals surface area contributed by atoms with E-state index in [1.54, 1.807) is 38.7 Å². The van der Waals surface area contributed by atoms with Gasteiger partial charge in [-0.15, -0.1) is 0 Å². The SMILES string of the molecule is CCOC(=O)C1=C(C)N=c2s/c(=C\c3cc(Br)c(OCc4cccc5ccccc45)c(OC)c3)c(=O)n2[C@H]1c1c(OC)ccc2ccccc12. The highest BCUT2D eigenvalue weighted by Gasteiger charge is 2.36. The third kappa shape index (κ3) is 5.99. The molecule has 0 fully saturated rings. The predicted octanol–water partition coefficient (Wildman–Crippen LogP) is 7.46. The fourth-order valence-electron chi connectivity index (χ4n) is 6.48. The number of rotatable bonds is 9. The summed E-state index contributed by atoms with van der Waals surface area (Å²) < 4.78 is 26.1. The molecule has 0 saturated carbocycles. The van der Waals surface area contributed by atoms with Crippen LogP contribution in [-0.4, -0.2) is 31.4 Å². The Labute approximate surface area is 300 Å². The van der Waals surface area contributed by atoms with E-state index in [1.165, 1.54) is 11.3 Å². The molecule has 0 radical (unpaired) electrons. The smallest absolute Gasteiger partial charge is 0.338 e. The summed E-state index contributed by atoms with van der Waals surface area (Å²) >= 11 is 4.93. The first kappa shape index (κ1) is 33.3. The number of carbonyl (C=O) groups is 1. The van der Waals surface area contributed by atoms with Crippen molar-refractivity contribution in [3.8, 4) is 17.2 Å². The molecular formula is C40H33BrN2O6S. The van der Waals surface area contributed by atoms with Crippen LogP contribution in [0.3, 0.4) is 0 Å². The van der Waals surface area contributed by atoms with Gasteiger partial charge in [0.05, 0.1) is 41.1 Å². The largest absolute Gasteiger partial charge is 0.496 e. The van der Waals surface area contributed by atoms with Crippen molar-refractivity contribution in [3.05, 3.63) is 143 Å². The third-order valence-corrected chi connectivity index (χ3v) is 10.3. The molecule has 0 aliphatic carbocycles. The van der Waals surface area contributed by atoms with Crippen LogP contribution in [0, 0.1) is 0 Å². The van der Waals surface area contributed by atoms with Crippen molar-refractivity contribution in [2.24, 2.45) is 4.99 Å². The molecule has 1 atom stereocenters. The molecule has 0 bridgehead atoms. The second kappa shape index (κ2) is 14.0. The minimum atomic E-state index is -0.834. The molecule has 1 aliphatic heterocycles. The number of carbonyl (C=O) groups excluding carboxylic acids is 1. The maximum atomic E-state index is 14.4. The van der Waals surface area contributed by atoms with Gasteiger partial charge < -0.3 is 18.9 Å². The van der Waals surface area contributed by atoms with Gasteiger partial charge in [0, 0.05) is 5.56 Å². The number of methoxy groups -OCH3 is 2. The fraction of sp³-hybridized carbons (Fsp3) is 0.175. The molecule has 0 spiro atoms. The average Bonchev–Trinajstić information content (AvgIpc) is 3.43. The molecule has 1 aromatic heterocycles. The van der Waals surface area contributed by atoms with Crippen LogP contribution in [0.1, 0.15) is 36.6 Å². The zero-order valence-corrected chi connectivity index (χ0v) is 30.3. The lowest BCUT2D eigenvalue weighted by Gasteiger charge is -2.27. The predicted molar refractivity (Wildman–Crippen MR) is 200 cm³/mol. The van der Waals surface area contributed by atoms with Gasteiger partial charge in [-0.25, -0.2) is 9.79 Å². The maximum absolute atomic E-state index is 14.4. The van der Waals surface area contributed by atoms with Crippen molar-refractivity contribution in [1.29, 1.82) is 0 Å². The zero-order chi connectivity index (χ0) is 34.9. The Morgan fingerprint density at radius 3 is 2.36 bits per heavy atom. The Kier molecular flexibility index (Phi) is 9.31. The first-order valence-electron chi connectivity index (χ1n) is 16.0. The molecular weight excluding hydrogens is 716 g/mol. The van der Waals surface area contributed by atoms with Gasteiger partial charge in [0.2, 0.25) is 0 Å². The van der Waals surface area contributed by atoms with Gasteiger partial charge in [0.1, 0.15) is 18.4 Å². The topological polar surface area (TPSA) is 88.4 Å². The number of nitrogens with zero attached hydrogens (tertiary/aromatic N) is 2. The number of hydrogen-bond acceptors (Lipinski definition) is 8. The van der Waals surface area contributed by atoms with E-state index in [4.69, 9.17) is 23.9 Å². The second-order valence-electron chi connectivity index (χ2n) is 11.7. The van der Waals surface area contributed by atoms with Crippen LogP contribution in [0.5, 0.6) is 17.2 Å². The maximum Gasteiger partial charge on any atom is 0.338 e. The van der Waals surface area contributed by atoms with Crippen LogP contribution in [0.25, 0.3) is 27.6 Å². The first-order chi connectivity index (χ1) is 24.3. The molecule has 1 aliphatic rings. The number of halogens is 1. The van der Waals surface area contributed by atoms with Crippen LogP contribution in [0.15, 0.2) is 117 Å². The summed E-state index contributed by atoms with van der Waals surface area (Å²) in [5.74, 6) is 1.08. The molecule has 252 valence electrons. The Balaban J connectivity index is 1.34. The molecule has 7 rings (SSSR count). The normalized spacial score (nSPS) is 14.4. The third-order valence-electron chi connectivity index (χ3n) is 8.74. The van der Waals surface area contributed by atoms with Gasteiger partial charge in [-0.3, -0.25) is 9.36 Å². The summed E-state index contributed by atoms with van der Waals surface area (Å²) in [7, 11) is 3.17. The number of hydrogen-bond donors (Lipinski definition) is 0. The average molecular weight is 750 g/mol. The van der Waals surface area contributed by atoms with Crippen molar-refractivity contribution in [1.82, 2.24) is 4.57 Å². The van der Waals surface area contributed by atoms with E-state index in [0.717, 1.165) is 32.7 Å². The number of fused-ring (bicyclic) bond motifs is 3. The lowest BCUT2D eigenvalue weighted by Crippen LogP contribution is -2.40. The summed E-state index contributed by atoms with van der Waals surface area (Å²) in [5.41, 5.74) is 2.93. The summed E-state index contributed by atoms with van der Waals surface area (Å²) in [6.45, 7) is 4.04. The van der Waals surface area contributed by atoms with Crippen LogP contribution < -0.4 is 29.1 Å². The molecule has 0 N–H and O–H groups in total. The van der Waals surface area contributed by atoms with E-state index in [0.29, 0.717) is 48.9 Å². The van der Waals surface area contributed by atoms with Crippen molar-refractivity contribution in [2.45, 2.75) is 26.5 Å². The summed E-state index contributed by atoms with van der Waals surface area (Å²) in [4.78, 5) is 33.2. The van der Waals surface area contributed by atoms with E-state index in [2.05, 4.69) is 34.1 Å². The highest BCUT2D eigenvalue weighted by Crippen LogP contribution is 2.41. The standard InChI is InChI=1S/C40H33BrN2O6S/c1-5-48-39(45)34-23(2)42-40-43(36(34)35-29-16-9-7-12-26(29)17-18-31(35)46-3)38(44)33(50-40)21-24-19-30(41)37(32(20-24)47-4)49-22-27-14-10-13-25-11-6-8-15-28(25)27/h6-21,36H,5,22H2,1-4H3/b33-21-/t36-/m1/s1. The minimum Gasteiger partial charge on any atom is -0.496 e. The summed E-state index contributed by atoms with van der Waals surface area (Å²) in [6.07, 6.45) is 1.80. The molecule has 50 heavy (non-hydrogen) atoms. The van der Waals surface area contributed by atoms with Gasteiger partial charge in [0.15, 0.2) is 16.3 Å².